The quantitative estimate of drug-likeness (QED) is 0.772. The van der Waals surface area contributed by atoms with Crippen LogP contribution in [0.15, 0.2) is 24.3 Å². The molecule has 7 heteroatoms. The van der Waals surface area contributed by atoms with E-state index in [1.807, 2.05) is 24.3 Å². The molecule has 1 aromatic rings. The first-order valence-corrected chi connectivity index (χ1v) is 7.99. The number of amides is 4. The molecular formula is C17H21N3O4. The summed E-state index contributed by atoms with van der Waals surface area (Å²) in [5, 5.41) is 11.9. The van der Waals surface area contributed by atoms with Crippen LogP contribution < -0.4 is 5.32 Å². The second-order valence-electron chi connectivity index (χ2n) is 6.42. The number of carbonyl (C=O) groups is 3. The van der Waals surface area contributed by atoms with Gasteiger partial charge in [0.25, 0.3) is 5.91 Å². The average molecular weight is 331 g/mol. The number of aliphatic hydroxyl groups is 1. The minimum atomic E-state index is -1.05. The van der Waals surface area contributed by atoms with Gasteiger partial charge in [0.1, 0.15) is 12.1 Å². The Morgan fingerprint density at radius 1 is 1.42 bits per heavy atom. The number of aryl methyl sites for hydroxylation is 1. The maximum absolute atomic E-state index is 12.9. The number of urea groups is 1. The van der Waals surface area contributed by atoms with E-state index in [-0.39, 0.29) is 31.0 Å². The summed E-state index contributed by atoms with van der Waals surface area (Å²) in [5.74, 6) is -0.765. The molecule has 0 bridgehead atoms. The van der Waals surface area contributed by atoms with Crippen molar-refractivity contribution in [3.63, 3.8) is 0 Å². The lowest BCUT2D eigenvalue weighted by Gasteiger charge is -2.26. The third-order valence-electron chi connectivity index (χ3n) is 5.03. The molecule has 2 aliphatic rings. The average Bonchev–Trinajstić information content (AvgIpc) is 3.07. The third kappa shape index (κ3) is 2.36. The van der Waals surface area contributed by atoms with Gasteiger partial charge in [0.15, 0.2) is 0 Å². The van der Waals surface area contributed by atoms with Gasteiger partial charge < -0.3 is 15.3 Å². The smallest absolute Gasteiger partial charge is 0.325 e. The zero-order chi connectivity index (χ0) is 17.5. The lowest BCUT2D eigenvalue weighted by Crippen LogP contribution is -2.46. The molecule has 3 rings (SSSR count). The van der Waals surface area contributed by atoms with Gasteiger partial charge >= 0.3 is 6.03 Å². The first-order valence-electron chi connectivity index (χ1n) is 7.99. The number of hydrogen-bond donors (Lipinski definition) is 2. The van der Waals surface area contributed by atoms with E-state index in [0.717, 1.165) is 16.0 Å². The van der Waals surface area contributed by atoms with Crippen molar-refractivity contribution in [2.45, 2.75) is 31.3 Å². The van der Waals surface area contributed by atoms with Crippen molar-refractivity contribution in [2.75, 3.05) is 20.2 Å². The first-order chi connectivity index (χ1) is 11.4. The maximum Gasteiger partial charge on any atom is 0.325 e. The molecule has 0 unspecified atom stereocenters. The van der Waals surface area contributed by atoms with E-state index in [1.165, 1.54) is 4.90 Å². The van der Waals surface area contributed by atoms with E-state index >= 15 is 0 Å². The third-order valence-corrected chi connectivity index (χ3v) is 5.03. The second-order valence-corrected chi connectivity index (χ2v) is 6.42. The van der Waals surface area contributed by atoms with Crippen LogP contribution in [-0.4, -0.2) is 59.0 Å². The van der Waals surface area contributed by atoms with Crippen LogP contribution in [0, 0.1) is 0 Å². The molecule has 1 aromatic carbocycles. The van der Waals surface area contributed by atoms with Gasteiger partial charge in [0.2, 0.25) is 5.91 Å². The fraction of sp³-hybridized carbons (Fsp3) is 0.471. The van der Waals surface area contributed by atoms with E-state index < -0.39 is 11.6 Å². The molecule has 1 fully saturated rings. The van der Waals surface area contributed by atoms with Crippen molar-refractivity contribution in [1.29, 1.82) is 0 Å². The van der Waals surface area contributed by atoms with Crippen molar-refractivity contribution < 1.29 is 19.5 Å². The van der Waals surface area contributed by atoms with Gasteiger partial charge in [-0.25, -0.2) is 4.79 Å². The Labute approximate surface area is 140 Å². The number of carbonyl (C=O) groups excluding carboxylic acids is 3. The Balaban J connectivity index is 1.82. The summed E-state index contributed by atoms with van der Waals surface area (Å²) in [6.45, 7) is 1.19. The van der Waals surface area contributed by atoms with E-state index in [4.69, 9.17) is 5.11 Å². The monoisotopic (exact) mass is 331 g/mol. The van der Waals surface area contributed by atoms with Crippen molar-refractivity contribution in [2.24, 2.45) is 0 Å². The number of hydrogen-bond acceptors (Lipinski definition) is 4. The van der Waals surface area contributed by atoms with E-state index in [0.29, 0.717) is 12.8 Å². The predicted molar refractivity (Wildman–Crippen MR) is 86.0 cm³/mol. The molecule has 0 aromatic heterocycles. The maximum atomic E-state index is 12.9. The van der Waals surface area contributed by atoms with Gasteiger partial charge in [0, 0.05) is 7.05 Å². The Hall–Kier alpha value is -2.41. The molecule has 1 aliphatic heterocycles. The SMILES string of the molecule is C[C@@H](CO)N(C)C(=O)CN1C(=O)N[C@]2(CCc3ccccc32)C1=O. The van der Waals surface area contributed by atoms with Crippen LogP contribution in [0.2, 0.25) is 0 Å². The highest BCUT2D eigenvalue weighted by atomic mass is 16.3. The van der Waals surface area contributed by atoms with Crippen LogP contribution in [0.3, 0.4) is 0 Å². The lowest BCUT2D eigenvalue weighted by atomic mass is 9.92. The predicted octanol–water partition coefficient (Wildman–Crippen LogP) is 0.219. The van der Waals surface area contributed by atoms with Crippen molar-refractivity contribution in [3.8, 4) is 0 Å². The topological polar surface area (TPSA) is 89.9 Å². The van der Waals surface area contributed by atoms with Gasteiger partial charge in [-0.2, -0.15) is 0 Å². The summed E-state index contributed by atoms with van der Waals surface area (Å²) in [5.41, 5.74) is 0.815. The highest BCUT2D eigenvalue weighted by Crippen LogP contribution is 2.41. The highest BCUT2D eigenvalue weighted by Gasteiger charge is 2.55. The van der Waals surface area contributed by atoms with E-state index in [1.54, 1.807) is 14.0 Å². The summed E-state index contributed by atoms with van der Waals surface area (Å²) in [7, 11) is 1.54. The van der Waals surface area contributed by atoms with Gasteiger partial charge in [-0.1, -0.05) is 24.3 Å². The van der Waals surface area contributed by atoms with Gasteiger partial charge in [-0.05, 0) is 30.9 Å². The first kappa shape index (κ1) is 16.4. The molecule has 1 spiro atoms. The number of nitrogens with one attached hydrogen (secondary N) is 1. The molecule has 24 heavy (non-hydrogen) atoms. The van der Waals surface area contributed by atoms with Crippen LogP contribution in [0.5, 0.6) is 0 Å². The standard InChI is InChI=1S/C17H21N3O4/c1-11(10-21)19(2)14(22)9-20-15(23)17(18-16(20)24)8-7-12-5-3-4-6-13(12)17/h3-6,11,21H,7-10H2,1-2H3,(H,18,24)/t11-,17-/m0/s1. The zero-order valence-corrected chi connectivity index (χ0v) is 13.8. The van der Waals surface area contributed by atoms with Crippen LogP contribution in [0.25, 0.3) is 0 Å². The van der Waals surface area contributed by atoms with Crippen LogP contribution >= 0.6 is 0 Å². The second kappa shape index (κ2) is 5.90. The Morgan fingerprint density at radius 2 is 2.12 bits per heavy atom. The fourth-order valence-corrected chi connectivity index (χ4v) is 3.35. The van der Waals surface area contributed by atoms with Crippen LogP contribution in [0.4, 0.5) is 4.79 Å². The lowest BCUT2D eigenvalue weighted by molar-refractivity contribution is -0.139. The number of nitrogens with zero attached hydrogens (tertiary/aromatic N) is 2. The summed E-state index contributed by atoms with van der Waals surface area (Å²) in [6, 6.07) is 6.64. The molecule has 4 amide bonds. The number of fused-ring (bicyclic) bond motifs is 2. The van der Waals surface area contributed by atoms with Crippen LogP contribution in [0.1, 0.15) is 24.5 Å². The van der Waals surface area contributed by atoms with Gasteiger partial charge in [-0.15, -0.1) is 0 Å². The minimum absolute atomic E-state index is 0.181. The summed E-state index contributed by atoms with van der Waals surface area (Å²) in [6.07, 6.45) is 1.22. The van der Waals surface area contributed by atoms with Crippen molar-refractivity contribution in [3.05, 3.63) is 35.4 Å². The fourth-order valence-electron chi connectivity index (χ4n) is 3.35. The summed E-state index contributed by atoms with van der Waals surface area (Å²) >= 11 is 0. The van der Waals surface area contributed by atoms with Crippen LogP contribution in [-0.2, 0) is 21.5 Å². The largest absolute Gasteiger partial charge is 0.394 e. The van der Waals surface area contributed by atoms with Crippen molar-refractivity contribution in [1.82, 2.24) is 15.1 Å². The Kier molecular flexibility index (Phi) is 4.04. The molecule has 128 valence electrons. The summed E-state index contributed by atoms with van der Waals surface area (Å²) in [4.78, 5) is 39.8. The van der Waals surface area contributed by atoms with E-state index in [2.05, 4.69) is 5.32 Å². The molecule has 1 heterocycles. The Morgan fingerprint density at radius 3 is 2.83 bits per heavy atom. The molecule has 1 saturated heterocycles. The van der Waals surface area contributed by atoms with Gasteiger partial charge in [-0.3, -0.25) is 14.5 Å². The molecule has 7 nitrogen and oxygen atoms in total. The number of rotatable bonds is 4. The molecule has 0 saturated carbocycles. The number of benzene rings is 1. The zero-order valence-electron chi connectivity index (χ0n) is 13.8. The minimum Gasteiger partial charge on any atom is -0.394 e. The number of aliphatic hydroxyl groups excluding tert-OH is 1. The molecule has 2 N–H and O–H groups in total. The molecule has 2 atom stereocenters. The Bertz CT molecular complexity index is 705. The molecular weight excluding hydrogens is 310 g/mol. The normalized spacial score (nSPS) is 23.4. The van der Waals surface area contributed by atoms with Gasteiger partial charge in [0.05, 0.1) is 12.6 Å². The van der Waals surface area contributed by atoms with E-state index in [9.17, 15) is 14.4 Å². The number of imide groups is 1. The molecule has 0 radical (unpaired) electrons. The number of likely N-dealkylation sites (N-methyl/N-ethyl adjacent to an activating group) is 1. The highest BCUT2D eigenvalue weighted by molar-refractivity contribution is 6.09. The summed E-state index contributed by atoms with van der Waals surface area (Å²) < 4.78 is 0. The molecule has 1 aliphatic carbocycles. The van der Waals surface area contributed by atoms with Crippen molar-refractivity contribution >= 4 is 17.8 Å².